The Bertz CT molecular complexity index is 408. The number of hydrogen-bond donors (Lipinski definition) is 1. The number of esters is 2. The number of aryl methyl sites for hydroxylation is 1. The summed E-state index contributed by atoms with van der Waals surface area (Å²) in [5.41, 5.74) is 6.17. The molecule has 1 rings (SSSR count). The molecule has 1 heterocycles. The predicted molar refractivity (Wildman–Crippen MR) is 65.0 cm³/mol. The van der Waals surface area contributed by atoms with Crippen molar-refractivity contribution in [2.75, 3.05) is 12.3 Å². The molecule has 0 aliphatic rings. The van der Waals surface area contributed by atoms with Gasteiger partial charge in [-0.25, -0.2) is 9.59 Å². The highest BCUT2D eigenvalue weighted by Crippen LogP contribution is 2.24. The van der Waals surface area contributed by atoms with Gasteiger partial charge in [0.05, 0.1) is 6.61 Å². The molecular formula is C11H15NO4S. The van der Waals surface area contributed by atoms with E-state index < -0.39 is 18.0 Å². The third kappa shape index (κ3) is 3.45. The summed E-state index contributed by atoms with van der Waals surface area (Å²) in [6.45, 7) is 5.23. The van der Waals surface area contributed by atoms with Crippen molar-refractivity contribution < 1.29 is 19.1 Å². The van der Waals surface area contributed by atoms with Crippen molar-refractivity contribution >= 4 is 29.0 Å². The third-order valence-electron chi connectivity index (χ3n) is 2.06. The fourth-order valence-corrected chi connectivity index (χ4v) is 1.95. The van der Waals surface area contributed by atoms with E-state index in [9.17, 15) is 9.59 Å². The Morgan fingerprint density at radius 3 is 2.65 bits per heavy atom. The standard InChI is InChI=1S/C11H15NO4S/c1-4-15-10(13)6(2)16-11(14)9-5-8(12)7(3)17-9/h5-6H,4,12H2,1-3H3. The Morgan fingerprint density at radius 1 is 1.53 bits per heavy atom. The first-order valence-corrected chi connectivity index (χ1v) is 6.00. The second-order valence-corrected chi connectivity index (χ2v) is 4.68. The molecule has 5 nitrogen and oxygen atoms in total. The lowest BCUT2D eigenvalue weighted by Gasteiger charge is -2.10. The molecule has 0 aliphatic heterocycles. The molecule has 1 atom stereocenters. The fraction of sp³-hybridized carbons (Fsp3) is 0.455. The first kappa shape index (κ1) is 13.5. The van der Waals surface area contributed by atoms with Crippen LogP contribution in [0.2, 0.25) is 0 Å². The largest absolute Gasteiger partial charge is 0.463 e. The number of thiophene rings is 1. The monoisotopic (exact) mass is 257 g/mol. The zero-order valence-electron chi connectivity index (χ0n) is 9.98. The van der Waals surface area contributed by atoms with Gasteiger partial charge in [0.15, 0.2) is 6.10 Å². The molecule has 0 aromatic carbocycles. The smallest absolute Gasteiger partial charge is 0.349 e. The van der Waals surface area contributed by atoms with Gasteiger partial charge in [-0.2, -0.15) is 0 Å². The zero-order valence-corrected chi connectivity index (χ0v) is 10.8. The van der Waals surface area contributed by atoms with Gasteiger partial charge >= 0.3 is 11.9 Å². The highest BCUT2D eigenvalue weighted by atomic mass is 32.1. The summed E-state index contributed by atoms with van der Waals surface area (Å²) in [7, 11) is 0. The van der Waals surface area contributed by atoms with Crippen molar-refractivity contribution in [1.29, 1.82) is 0 Å². The SMILES string of the molecule is CCOC(=O)C(C)OC(=O)c1cc(N)c(C)s1. The highest BCUT2D eigenvalue weighted by Gasteiger charge is 2.21. The Kier molecular flexibility index (Phi) is 4.51. The normalized spacial score (nSPS) is 11.9. The van der Waals surface area contributed by atoms with Crippen LogP contribution < -0.4 is 5.73 Å². The molecular weight excluding hydrogens is 242 g/mol. The van der Waals surface area contributed by atoms with E-state index in [2.05, 4.69) is 0 Å². The van der Waals surface area contributed by atoms with Crippen LogP contribution in [-0.2, 0) is 14.3 Å². The Hall–Kier alpha value is -1.56. The Labute approximate surface area is 104 Å². The maximum Gasteiger partial charge on any atom is 0.349 e. The second kappa shape index (κ2) is 5.67. The first-order chi connectivity index (χ1) is 7.95. The molecule has 0 saturated carbocycles. The number of carbonyl (C=O) groups is 2. The molecule has 0 bridgehead atoms. The Balaban J connectivity index is 2.63. The lowest BCUT2D eigenvalue weighted by atomic mass is 10.3. The van der Waals surface area contributed by atoms with Crippen LogP contribution in [0.25, 0.3) is 0 Å². The van der Waals surface area contributed by atoms with E-state index in [0.717, 1.165) is 4.88 Å². The van der Waals surface area contributed by atoms with E-state index in [-0.39, 0.29) is 6.61 Å². The van der Waals surface area contributed by atoms with E-state index in [1.807, 2.05) is 6.92 Å². The van der Waals surface area contributed by atoms with E-state index in [1.165, 1.54) is 18.3 Å². The van der Waals surface area contributed by atoms with Crippen molar-refractivity contribution in [3.05, 3.63) is 15.8 Å². The quantitative estimate of drug-likeness (QED) is 0.831. The van der Waals surface area contributed by atoms with Crippen LogP contribution in [-0.4, -0.2) is 24.6 Å². The lowest BCUT2D eigenvalue weighted by molar-refractivity contribution is -0.152. The minimum Gasteiger partial charge on any atom is -0.463 e. The van der Waals surface area contributed by atoms with Gasteiger partial charge in [0.1, 0.15) is 4.88 Å². The average molecular weight is 257 g/mol. The molecule has 0 saturated heterocycles. The molecule has 0 aliphatic carbocycles. The van der Waals surface area contributed by atoms with Crippen LogP contribution in [0.4, 0.5) is 5.69 Å². The highest BCUT2D eigenvalue weighted by molar-refractivity contribution is 7.14. The van der Waals surface area contributed by atoms with Crippen molar-refractivity contribution in [2.45, 2.75) is 26.9 Å². The molecule has 0 fully saturated rings. The lowest BCUT2D eigenvalue weighted by Crippen LogP contribution is -2.26. The summed E-state index contributed by atoms with van der Waals surface area (Å²) < 4.78 is 9.69. The number of hydrogen-bond acceptors (Lipinski definition) is 6. The summed E-state index contributed by atoms with van der Waals surface area (Å²) in [6.07, 6.45) is -0.911. The molecule has 17 heavy (non-hydrogen) atoms. The number of nitrogen functional groups attached to an aromatic ring is 1. The summed E-state index contributed by atoms with van der Waals surface area (Å²) >= 11 is 1.24. The average Bonchev–Trinajstić information content (AvgIpc) is 2.59. The topological polar surface area (TPSA) is 78.6 Å². The fourth-order valence-electron chi connectivity index (χ4n) is 1.12. The molecule has 94 valence electrons. The zero-order chi connectivity index (χ0) is 13.0. The maximum atomic E-state index is 11.7. The first-order valence-electron chi connectivity index (χ1n) is 5.19. The van der Waals surface area contributed by atoms with Gasteiger partial charge in [0.2, 0.25) is 0 Å². The molecule has 0 radical (unpaired) electrons. The second-order valence-electron chi connectivity index (χ2n) is 3.42. The van der Waals surface area contributed by atoms with Crippen molar-refractivity contribution in [3.63, 3.8) is 0 Å². The van der Waals surface area contributed by atoms with Crippen molar-refractivity contribution in [3.8, 4) is 0 Å². The molecule has 2 N–H and O–H groups in total. The van der Waals surface area contributed by atoms with Crippen LogP contribution in [0.3, 0.4) is 0 Å². The van der Waals surface area contributed by atoms with Gasteiger partial charge in [-0.1, -0.05) is 0 Å². The number of carbonyl (C=O) groups excluding carboxylic acids is 2. The number of anilines is 1. The van der Waals surface area contributed by atoms with Crippen molar-refractivity contribution in [1.82, 2.24) is 0 Å². The molecule has 1 unspecified atom stereocenters. The number of nitrogens with two attached hydrogens (primary N) is 1. The minimum atomic E-state index is -0.911. The van der Waals surface area contributed by atoms with Gasteiger partial charge < -0.3 is 15.2 Å². The molecule has 1 aromatic heterocycles. The maximum absolute atomic E-state index is 11.7. The van der Waals surface area contributed by atoms with Crippen LogP contribution >= 0.6 is 11.3 Å². The van der Waals surface area contributed by atoms with Crippen LogP contribution in [0.1, 0.15) is 28.4 Å². The molecule has 0 amide bonds. The summed E-state index contributed by atoms with van der Waals surface area (Å²) in [6, 6.07) is 1.54. The third-order valence-corrected chi connectivity index (χ3v) is 3.11. The summed E-state index contributed by atoms with van der Waals surface area (Å²) in [5.74, 6) is -1.11. The minimum absolute atomic E-state index is 0.256. The van der Waals surface area contributed by atoms with Crippen LogP contribution in [0.5, 0.6) is 0 Å². The van der Waals surface area contributed by atoms with Gasteiger partial charge in [-0.3, -0.25) is 0 Å². The van der Waals surface area contributed by atoms with Crippen LogP contribution in [0.15, 0.2) is 6.07 Å². The predicted octanol–water partition coefficient (Wildman–Crippen LogP) is 1.75. The molecule has 0 spiro atoms. The Morgan fingerprint density at radius 2 is 2.18 bits per heavy atom. The van der Waals surface area contributed by atoms with E-state index in [0.29, 0.717) is 10.6 Å². The number of ether oxygens (including phenoxy) is 2. The van der Waals surface area contributed by atoms with E-state index >= 15 is 0 Å². The number of rotatable bonds is 4. The van der Waals surface area contributed by atoms with Gasteiger partial charge in [0.25, 0.3) is 0 Å². The summed E-state index contributed by atoms with van der Waals surface area (Å²) in [4.78, 5) is 24.1. The summed E-state index contributed by atoms with van der Waals surface area (Å²) in [5, 5.41) is 0. The van der Waals surface area contributed by atoms with Gasteiger partial charge in [-0.15, -0.1) is 11.3 Å². The molecule has 6 heteroatoms. The van der Waals surface area contributed by atoms with E-state index in [1.54, 1.807) is 13.0 Å². The van der Waals surface area contributed by atoms with Crippen LogP contribution in [0, 0.1) is 6.92 Å². The van der Waals surface area contributed by atoms with Crippen molar-refractivity contribution in [2.24, 2.45) is 0 Å². The molecule has 1 aromatic rings. The van der Waals surface area contributed by atoms with Gasteiger partial charge in [0, 0.05) is 10.6 Å². The van der Waals surface area contributed by atoms with Gasteiger partial charge in [-0.05, 0) is 26.8 Å². The van der Waals surface area contributed by atoms with E-state index in [4.69, 9.17) is 15.2 Å².